The molecule has 0 bridgehead atoms. The zero-order chi connectivity index (χ0) is 43.8. The Kier molecular flexibility index (Phi) is 15.5. The fourth-order valence-corrected chi connectivity index (χ4v) is 6.31. The molecule has 62 heavy (non-hydrogen) atoms. The van der Waals surface area contributed by atoms with E-state index < -0.39 is 85.4 Å². The van der Waals surface area contributed by atoms with Crippen molar-refractivity contribution in [2.75, 3.05) is 13.7 Å². The van der Waals surface area contributed by atoms with Gasteiger partial charge in [-0.3, -0.25) is 0 Å². The maximum absolute atomic E-state index is 13.9. The number of amides is 1. The van der Waals surface area contributed by atoms with Gasteiger partial charge in [-0.1, -0.05) is 103 Å². The highest BCUT2D eigenvalue weighted by Crippen LogP contribution is 2.33. The third-order valence-electron chi connectivity index (χ3n) is 9.50. The van der Waals surface area contributed by atoms with Crippen LogP contribution in [0.5, 0.6) is 0 Å². The summed E-state index contributed by atoms with van der Waals surface area (Å²) in [5.41, 5.74) is 1.14. The van der Waals surface area contributed by atoms with Crippen LogP contribution in [0, 0.1) is 0 Å². The van der Waals surface area contributed by atoms with E-state index >= 15 is 0 Å². The van der Waals surface area contributed by atoms with Gasteiger partial charge in [0, 0.05) is 0 Å². The van der Waals surface area contributed by atoms with Crippen molar-refractivity contribution < 1.29 is 66.7 Å². The normalized spacial score (nSPS) is 19.0. The Labute approximate surface area is 356 Å². The number of methoxy groups -OCH3 is 1. The van der Waals surface area contributed by atoms with E-state index in [-0.39, 0.29) is 28.9 Å². The average Bonchev–Trinajstić information content (AvgIpc) is 3.32. The molecule has 1 aliphatic rings. The number of carbonyl (C=O) groups is 6. The summed E-state index contributed by atoms with van der Waals surface area (Å²) in [6.45, 7) is 0.660. The third-order valence-corrected chi connectivity index (χ3v) is 9.50. The van der Waals surface area contributed by atoms with E-state index in [0.717, 1.165) is 7.11 Å². The first-order valence-electron chi connectivity index (χ1n) is 19.5. The topological polar surface area (TPSA) is 188 Å². The molecule has 6 rings (SSSR count). The van der Waals surface area contributed by atoms with Gasteiger partial charge in [0.1, 0.15) is 19.3 Å². The predicted octanol–water partition coefficient (Wildman–Crippen LogP) is 6.12. The smallest absolute Gasteiger partial charge is 0.408 e. The van der Waals surface area contributed by atoms with Gasteiger partial charge < -0.3 is 43.2 Å². The standard InChI is InChI=1S/C47H43NO14/c1-30(37(45(53)55-2)48-47(54)57-28-31-18-8-3-9-19-31)58-46-40(62-44(52)35-26-16-7-17-27-35)39(61-43(51)34-24-14-6-15-25-34)38(60-42(50)33-22-12-5-13-23-33)36(59-46)29-56-41(49)32-20-10-4-11-21-32/h3-27,30,36-40,46H,28-29H2,1-2H3,(H,48,54)/t30-,36-,37+,38-,39+,40-,46-/m1/s1. The van der Waals surface area contributed by atoms with Gasteiger partial charge in [-0.2, -0.15) is 0 Å². The van der Waals surface area contributed by atoms with Crippen LogP contribution in [0.1, 0.15) is 53.9 Å². The minimum absolute atomic E-state index is 0.0828. The molecule has 0 radical (unpaired) electrons. The highest BCUT2D eigenvalue weighted by molar-refractivity contribution is 5.91. The summed E-state index contributed by atoms with van der Waals surface area (Å²) in [7, 11) is 1.10. The summed E-state index contributed by atoms with van der Waals surface area (Å²) in [6, 6.07) is 38.9. The van der Waals surface area contributed by atoms with E-state index in [0.29, 0.717) is 5.56 Å². The third kappa shape index (κ3) is 11.9. The Balaban J connectivity index is 1.38. The fourth-order valence-electron chi connectivity index (χ4n) is 6.31. The SMILES string of the molecule is COC(=O)[C@@H](NC(=O)OCc1ccccc1)[C@@H](C)O[C@@H]1O[C@H](COC(=O)c2ccccc2)[C@@H](OC(=O)c2ccccc2)[C@H](OC(=O)c2ccccc2)[C@H]1OC(=O)c1ccccc1. The molecule has 0 aromatic heterocycles. The van der Waals surface area contributed by atoms with Crippen LogP contribution >= 0.6 is 0 Å². The van der Waals surface area contributed by atoms with Gasteiger partial charge in [-0.15, -0.1) is 0 Å². The molecule has 0 saturated carbocycles. The van der Waals surface area contributed by atoms with Crippen LogP contribution < -0.4 is 5.32 Å². The molecular formula is C47H43NO14. The molecule has 0 spiro atoms. The lowest BCUT2D eigenvalue weighted by atomic mass is 9.97. The van der Waals surface area contributed by atoms with Gasteiger partial charge in [0.2, 0.25) is 0 Å². The number of benzene rings is 5. The van der Waals surface area contributed by atoms with Crippen molar-refractivity contribution in [2.24, 2.45) is 0 Å². The summed E-state index contributed by atoms with van der Waals surface area (Å²) >= 11 is 0. The van der Waals surface area contributed by atoms with E-state index in [2.05, 4.69) is 5.32 Å². The van der Waals surface area contributed by atoms with Crippen LogP contribution in [0.25, 0.3) is 0 Å². The maximum atomic E-state index is 13.9. The van der Waals surface area contributed by atoms with Crippen molar-refractivity contribution in [1.82, 2.24) is 5.32 Å². The van der Waals surface area contributed by atoms with Crippen LogP contribution in [0.4, 0.5) is 4.79 Å². The second-order valence-corrected chi connectivity index (χ2v) is 13.8. The fraction of sp³-hybridized carbons (Fsp3) is 0.234. The zero-order valence-electron chi connectivity index (χ0n) is 33.6. The van der Waals surface area contributed by atoms with E-state index in [4.69, 9.17) is 37.9 Å². The van der Waals surface area contributed by atoms with E-state index in [9.17, 15) is 28.8 Å². The van der Waals surface area contributed by atoms with Crippen molar-refractivity contribution >= 4 is 35.9 Å². The Morgan fingerprint density at radius 2 is 0.968 bits per heavy atom. The van der Waals surface area contributed by atoms with Crippen molar-refractivity contribution in [2.45, 2.75) is 56.4 Å². The molecule has 5 aromatic carbocycles. The zero-order valence-corrected chi connectivity index (χ0v) is 33.6. The molecule has 1 amide bonds. The monoisotopic (exact) mass is 845 g/mol. The molecule has 15 nitrogen and oxygen atoms in total. The molecule has 1 N–H and O–H groups in total. The number of ether oxygens (including phenoxy) is 8. The van der Waals surface area contributed by atoms with Crippen LogP contribution in [-0.2, 0) is 49.3 Å². The molecule has 0 unspecified atom stereocenters. The van der Waals surface area contributed by atoms with Crippen molar-refractivity contribution in [1.29, 1.82) is 0 Å². The van der Waals surface area contributed by atoms with Crippen molar-refractivity contribution in [3.05, 3.63) is 179 Å². The Morgan fingerprint density at radius 3 is 1.44 bits per heavy atom. The molecule has 0 aliphatic carbocycles. The molecule has 1 aliphatic heterocycles. The molecule has 1 heterocycles. The highest BCUT2D eigenvalue weighted by Gasteiger charge is 2.54. The number of esters is 5. The summed E-state index contributed by atoms with van der Waals surface area (Å²) in [5, 5.41) is 2.45. The molecule has 7 atom stereocenters. The van der Waals surface area contributed by atoms with Gasteiger partial charge in [-0.05, 0) is 61.0 Å². The number of hydrogen-bond acceptors (Lipinski definition) is 14. The van der Waals surface area contributed by atoms with E-state index in [1.54, 1.807) is 103 Å². The quantitative estimate of drug-likeness (QED) is 0.0884. The van der Waals surface area contributed by atoms with Gasteiger partial charge >= 0.3 is 35.9 Å². The van der Waals surface area contributed by atoms with Gasteiger partial charge in [0.05, 0.1) is 35.5 Å². The Morgan fingerprint density at radius 1 is 0.548 bits per heavy atom. The van der Waals surface area contributed by atoms with E-state index in [1.807, 2.05) is 0 Å². The average molecular weight is 846 g/mol. The molecule has 320 valence electrons. The molecule has 1 saturated heterocycles. The molecule has 15 heteroatoms. The van der Waals surface area contributed by atoms with E-state index in [1.165, 1.54) is 55.5 Å². The largest absolute Gasteiger partial charge is 0.467 e. The minimum Gasteiger partial charge on any atom is -0.467 e. The second kappa shape index (κ2) is 21.8. The number of nitrogens with one attached hydrogen (secondary N) is 1. The first kappa shape index (κ1) is 44.2. The van der Waals surface area contributed by atoms with Crippen molar-refractivity contribution in [3.8, 4) is 0 Å². The summed E-state index contributed by atoms with van der Waals surface area (Å²) in [5.74, 6) is -4.44. The van der Waals surface area contributed by atoms with Crippen LogP contribution in [0.2, 0.25) is 0 Å². The first-order chi connectivity index (χ1) is 30.1. The lowest BCUT2D eigenvalue weighted by molar-refractivity contribution is -0.308. The molecular weight excluding hydrogens is 803 g/mol. The summed E-state index contributed by atoms with van der Waals surface area (Å²) in [6.07, 6.45) is -10.7. The van der Waals surface area contributed by atoms with Crippen molar-refractivity contribution in [3.63, 3.8) is 0 Å². The second-order valence-electron chi connectivity index (χ2n) is 13.8. The van der Waals surface area contributed by atoms with Crippen LogP contribution in [0.3, 0.4) is 0 Å². The highest BCUT2D eigenvalue weighted by atomic mass is 16.7. The maximum Gasteiger partial charge on any atom is 0.408 e. The van der Waals surface area contributed by atoms with Crippen LogP contribution in [-0.4, -0.2) is 92.5 Å². The number of hydrogen-bond donors (Lipinski definition) is 1. The lowest BCUT2D eigenvalue weighted by Gasteiger charge is -2.45. The minimum atomic E-state index is -1.77. The van der Waals surface area contributed by atoms with Gasteiger partial charge in [-0.25, -0.2) is 28.8 Å². The molecule has 5 aromatic rings. The Bertz CT molecular complexity index is 2260. The first-order valence-corrected chi connectivity index (χ1v) is 19.5. The van der Waals surface area contributed by atoms with Gasteiger partial charge in [0.15, 0.2) is 30.6 Å². The number of alkyl carbamates (subject to hydrolysis) is 1. The van der Waals surface area contributed by atoms with Gasteiger partial charge in [0.25, 0.3) is 0 Å². The van der Waals surface area contributed by atoms with Crippen LogP contribution in [0.15, 0.2) is 152 Å². The number of carbonyl (C=O) groups excluding carboxylic acids is 6. The number of rotatable bonds is 16. The summed E-state index contributed by atoms with van der Waals surface area (Å²) < 4.78 is 46.9. The lowest BCUT2D eigenvalue weighted by Crippen LogP contribution is -2.64. The Hall–Kier alpha value is -7.36. The predicted molar refractivity (Wildman–Crippen MR) is 218 cm³/mol. The molecule has 1 fully saturated rings. The summed E-state index contributed by atoms with van der Waals surface area (Å²) in [4.78, 5) is 81.2.